The molecule has 2 aliphatic rings. The molecule has 1 unspecified atom stereocenters. The maximum Gasteiger partial charge on any atom is 0.308 e. The molecule has 14 heavy (non-hydrogen) atoms. The van der Waals surface area contributed by atoms with E-state index in [0.29, 0.717) is 12.5 Å². The predicted octanol–water partition coefficient (Wildman–Crippen LogP) is 1.33. The molecular weight excluding hydrogens is 178 g/mol. The van der Waals surface area contributed by atoms with Gasteiger partial charge in [-0.2, -0.15) is 0 Å². The zero-order chi connectivity index (χ0) is 9.80. The van der Waals surface area contributed by atoms with Crippen LogP contribution in [-0.2, 0) is 9.53 Å². The van der Waals surface area contributed by atoms with E-state index in [9.17, 15) is 4.79 Å². The van der Waals surface area contributed by atoms with E-state index in [0.717, 1.165) is 32.4 Å². The molecule has 0 amide bonds. The van der Waals surface area contributed by atoms with Gasteiger partial charge in [0, 0.05) is 12.5 Å². The first kappa shape index (κ1) is 9.97. The molecule has 1 aliphatic heterocycles. The Labute approximate surface area is 85.2 Å². The lowest BCUT2D eigenvalue weighted by molar-refractivity contribution is -0.149. The maximum absolute atomic E-state index is 11.6. The summed E-state index contributed by atoms with van der Waals surface area (Å²) in [5, 5.41) is 3.27. The zero-order valence-corrected chi connectivity index (χ0v) is 8.63. The van der Waals surface area contributed by atoms with Gasteiger partial charge in [0.25, 0.3) is 0 Å². The molecule has 3 nitrogen and oxygen atoms in total. The Bertz CT molecular complexity index is 193. The Balaban J connectivity index is 1.66. The van der Waals surface area contributed by atoms with Crippen LogP contribution in [-0.4, -0.2) is 25.7 Å². The van der Waals surface area contributed by atoms with Gasteiger partial charge in [0.1, 0.15) is 0 Å². The van der Waals surface area contributed by atoms with Crippen molar-refractivity contribution in [2.75, 3.05) is 19.7 Å². The number of rotatable bonds is 3. The molecule has 1 aliphatic carbocycles. The minimum absolute atomic E-state index is 0.0504. The summed E-state index contributed by atoms with van der Waals surface area (Å²) in [4.78, 5) is 11.6. The minimum Gasteiger partial charge on any atom is -0.465 e. The topological polar surface area (TPSA) is 38.3 Å². The Kier molecular flexibility index (Phi) is 3.40. The van der Waals surface area contributed by atoms with Crippen LogP contribution in [0.25, 0.3) is 0 Å². The summed E-state index contributed by atoms with van der Waals surface area (Å²) in [5.41, 5.74) is 0. The largest absolute Gasteiger partial charge is 0.465 e. The van der Waals surface area contributed by atoms with E-state index in [1.165, 1.54) is 12.8 Å². The smallest absolute Gasteiger partial charge is 0.308 e. The number of hydrogen-bond acceptors (Lipinski definition) is 3. The predicted molar refractivity (Wildman–Crippen MR) is 53.9 cm³/mol. The van der Waals surface area contributed by atoms with Crippen LogP contribution in [0.4, 0.5) is 0 Å². The van der Waals surface area contributed by atoms with Crippen LogP contribution in [0, 0.1) is 11.8 Å². The van der Waals surface area contributed by atoms with E-state index in [2.05, 4.69) is 5.32 Å². The summed E-state index contributed by atoms with van der Waals surface area (Å²) in [6, 6.07) is 0. The lowest BCUT2D eigenvalue weighted by Gasteiger charge is -2.12. The Hall–Kier alpha value is -0.570. The lowest BCUT2D eigenvalue weighted by Crippen LogP contribution is -2.20. The van der Waals surface area contributed by atoms with Crippen molar-refractivity contribution < 1.29 is 9.53 Å². The Morgan fingerprint density at radius 3 is 2.71 bits per heavy atom. The summed E-state index contributed by atoms with van der Waals surface area (Å²) in [6.07, 6.45) is 5.64. The molecule has 1 atom stereocenters. The minimum atomic E-state index is 0.0504. The number of nitrogens with one attached hydrogen (secondary N) is 1. The van der Waals surface area contributed by atoms with Gasteiger partial charge in [-0.3, -0.25) is 4.79 Å². The molecule has 80 valence electrons. The van der Waals surface area contributed by atoms with Crippen molar-refractivity contribution >= 4 is 5.97 Å². The van der Waals surface area contributed by atoms with Crippen LogP contribution < -0.4 is 5.32 Å². The van der Waals surface area contributed by atoms with Crippen molar-refractivity contribution in [2.45, 2.75) is 32.1 Å². The summed E-state index contributed by atoms with van der Waals surface area (Å²) in [7, 11) is 0. The number of carbonyl (C=O) groups is 1. The van der Waals surface area contributed by atoms with Gasteiger partial charge in [-0.1, -0.05) is 12.8 Å². The van der Waals surface area contributed by atoms with Crippen LogP contribution in [0.3, 0.4) is 0 Å². The third kappa shape index (κ3) is 2.47. The fourth-order valence-corrected chi connectivity index (χ4v) is 2.34. The first-order chi connectivity index (χ1) is 6.86. The molecule has 2 fully saturated rings. The average molecular weight is 197 g/mol. The van der Waals surface area contributed by atoms with E-state index in [1.54, 1.807) is 0 Å². The van der Waals surface area contributed by atoms with Gasteiger partial charge in [-0.05, 0) is 25.8 Å². The van der Waals surface area contributed by atoms with Gasteiger partial charge in [-0.15, -0.1) is 0 Å². The van der Waals surface area contributed by atoms with E-state index in [4.69, 9.17) is 4.74 Å². The Morgan fingerprint density at radius 2 is 2.07 bits per heavy atom. The standard InChI is InChI=1S/C11H19NO2/c13-11(10-3-1-2-4-10)14-8-9-5-6-12-7-9/h9-10,12H,1-8H2. The molecule has 1 heterocycles. The monoisotopic (exact) mass is 197 g/mol. The molecule has 0 aromatic heterocycles. The van der Waals surface area contributed by atoms with Crippen molar-refractivity contribution in [3.63, 3.8) is 0 Å². The molecule has 0 aromatic carbocycles. The molecule has 1 N–H and O–H groups in total. The van der Waals surface area contributed by atoms with Gasteiger partial charge in [0.05, 0.1) is 12.5 Å². The third-order valence-corrected chi connectivity index (χ3v) is 3.31. The highest BCUT2D eigenvalue weighted by atomic mass is 16.5. The second-order valence-corrected chi connectivity index (χ2v) is 4.47. The highest BCUT2D eigenvalue weighted by Gasteiger charge is 2.25. The first-order valence-electron chi connectivity index (χ1n) is 5.73. The van der Waals surface area contributed by atoms with Crippen molar-refractivity contribution in [3.05, 3.63) is 0 Å². The first-order valence-corrected chi connectivity index (χ1v) is 5.73. The molecule has 0 bridgehead atoms. The van der Waals surface area contributed by atoms with Crippen molar-refractivity contribution in [1.29, 1.82) is 0 Å². The second-order valence-electron chi connectivity index (χ2n) is 4.47. The quantitative estimate of drug-likeness (QED) is 0.694. The SMILES string of the molecule is O=C(OCC1CCNC1)C1CCCC1. The van der Waals surface area contributed by atoms with Crippen molar-refractivity contribution in [2.24, 2.45) is 11.8 Å². The maximum atomic E-state index is 11.6. The normalized spacial score (nSPS) is 28.1. The summed E-state index contributed by atoms with van der Waals surface area (Å²) >= 11 is 0. The molecule has 1 saturated carbocycles. The summed E-state index contributed by atoms with van der Waals surface area (Å²) in [5.74, 6) is 0.819. The highest BCUT2D eigenvalue weighted by Crippen LogP contribution is 2.26. The van der Waals surface area contributed by atoms with E-state index < -0.39 is 0 Å². The van der Waals surface area contributed by atoms with Crippen molar-refractivity contribution in [3.8, 4) is 0 Å². The van der Waals surface area contributed by atoms with Gasteiger partial charge < -0.3 is 10.1 Å². The van der Waals surface area contributed by atoms with Gasteiger partial charge in [-0.25, -0.2) is 0 Å². The van der Waals surface area contributed by atoms with Crippen LogP contribution in [0.1, 0.15) is 32.1 Å². The zero-order valence-electron chi connectivity index (χ0n) is 8.63. The second kappa shape index (κ2) is 4.78. The number of hydrogen-bond donors (Lipinski definition) is 1. The summed E-state index contributed by atoms with van der Waals surface area (Å²) < 4.78 is 5.33. The van der Waals surface area contributed by atoms with Crippen LogP contribution in [0.15, 0.2) is 0 Å². The van der Waals surface area contributed by atoms with E-state index >= 15 is 0 Å². The van der Waals surface area contributed by atoms with Gasteiger partial charge in [0.15, 0.2) is 0 Å². The highest BCUT2D eigenvalue weighted by molar-refractivity contribution is 5.72. The molecule has 0 spiro atoms. The molecule has 1 saturated heterocycles. The molecule has 3 heteroatoms. The number of carbonyl (C=O) groups excluding carboxylic acids is 1. The van der Waals surface area contributed by atoms with Crippen LogP contribution in [0.5, 0.6) is 0 Å². The van der Waals surface area contributed by atoms with Crippen LogP contribution in [0.2, 0.25) is 0 Å². The fraction of sp³-hybridized carbons (Fsp3) is 0.909. The summed E-state index contributed by atoms with van der Waals surface area (Å²) in [6.45, 7) is 2.71. The lowest BCUT2D eigenvalue weighted by atomic mass is 10.1. The molecule has 0 aromatic rings. The van der Waals surface area contributed by atoms with Crippen LogP contribution >= 0.6 is 0 Å². The average Bonchev–Trinajstić information content (AvgIpc) is 2.87. The number of esters is 1. The number of ether oxygens (including phenoxy) is 1. The van der Waals surface area contributed by atoms with Gasteiger partial charge in [0.2, 0.25) is 0 Å². The fourth-order valence-electron chi connectivity index (χ4n) is 2.34. The molecular formula is C11H19NO2. The van der Waals surface area contributed by atoms with Gasteiger partial charge >= 0.3 is 5.97 Å². The van der Waals surface area contributed by atoms with Crippen molar-refractivity contribution in [1.82, 2.24) is 5.32 Å². The molecule has 0 radical (unpaired) electrons. The molecule has 2 rings (SSSR count). The van der Waals surface area contributed by atoms with E-state index in [1.807, 2.05) is 0 Å². The third-order valence-electron chi connectivity index (χ3n) is 3.31. The van der Waals surface area contributed by atoms with E-state index in [-0.39, 0.29) is 11.9 Å². The Morgan fingerprint density at radius 1 is 1.29 bits per heavy atom.